The summed E-state index contributed by atoms with van der Waals surface area (Å²) in [6.45, 7) is 0. The second-order valence-corrected chi connectivity index (χ2v) is 14.3. The molecule has 0 saturated carbocycles. The largest absolute Gasteiger partial charge is 0.456 e. The van der Waals surface area contributed by atoms with Crippen molar-refractivity contribution in [2.75, 3.05) is 0 Å². The van der Waals surface area contributed by atoms with Gasteiger partial charge in [-0.25, -0.2) is 0 Å². The predicted octanol–water partition coefficient (Wildman–Crippen LogP) is 14.4. The summed E-state index contributed by atoms with van der Waals surface area (Å²) in [6, 6.07) is 62.0. The van der Waals surface area contributed by atoms with Crippen LogP contribution in [-0.2, 0) is 0 Å². The van der Waals surface area contributed by atoms with E-state index in [-0.39, 0.29) is 0 Å². The van der Waals surface area contributed by atoms with Gasteiger partial charge in [0.2, 0.25) is 0 Å². The molecule has 2 aromatic heterocycles. The maximum Gasteiger partial charge on any atom is 0.136 e. The molecule has 0 atom stereocenters. The van der Waals surface area contributed by atoms with Crippen molar-refractivity contribution in [3.63, 3.8) is 0 Å². The topological polar surface area (TPSA) is 13.1 Å². The molecular weight excluding hydrogens is 625 g/mol. The Morgan fingerprint density at radius 1 is 0.320 bits per heavy atom. The van der Waals surface area contributed by atoms with E-state index in [2.05, 4.69) is 170 Å². The second-order valence-electron chi connectivity index (χ2n) is 13.2. The van der Waals surface area contributed by atoms with Crippen LogP contribution in [0.5, 0.6) is 0 Å². The molecule has 0 aliphatic carbocycles. The van der Waals surface area contributed by atoms with Crippen molar-refractivity contribution in [3.05, 3.63) is 170 Å². The lowest BCUT2D eigenvalue weighted by molar-refractivity contribution is 0.669. The summed E-state index contributed by atoms with van der Waals surface area (Å²) in [7, 11) is 0. The Balaban J connectivity index is 1.06. The lowest BCUT2D eigenvalue weighted by Crippen LogP contribution is -1.90. The van der Waals surface area contributed by atoms with Gasteiger partial charge in [0.05, 0.1) is 0 Å². The molecule has 1 nitrogen and oxygen atoms in total. The average Bonchev–Trinajstić information content (AvgIpc) is 3.74. The predicted molar refractivity (Wildman–Crippen MR) is 215 cm³/mol. The molecule has 0 amide bonds. The average molecular weight is 653 g/mol. The number of benzene rings is 9. The molecule has 0 bridgehead atoms. The fourth-order valence-corrected chi connectivity index (χ4v) is 9.38. The molecule has 2 heterocycles. The molecule has 0 saturated heterocycles. The number of thiophene rings is 1. The van der Waals surface area contributed by atoms with E-state index in [0.717, 1.165) is 22.1 Å². The summed E-state index contributed by atoms with van der Waals surface area (Å²) in [5, 5.41) is 12.5. The quantitative estimate of drug-likeness (QED) is 0.173. The Bertz CT molecular complexity index is 3090. The van der Waals surface area contributed by atoms with E-state index >= 15 is 0 Å². The number of rotatable bonds is 3. The molecule has 11 rings (SSSR count). The van der Waals surface area contributed by atoms with Crippen LogP contribution in [0.1, 0.15) is 0 Å². The molecular formula is C48H28OS. The Kier molecular flexibility index (Phi) is 5.89. The Morgan fingerprint density at radius 3 is 1.52 bits per heavy atom. The monoisotopic (exact) mass is 652 g/mol. The summed E-state index contributed by atoms with van der Waals surface area (Å²) in [5.41, 5.74) is 9.30. The summed E-state index contributed by atoms with van der Waals surface area (Å²) in [4.78, 5) is 0. The summed E-state index contributed by atoms with van der Waals surface area (Å²) in [5.74, 6) is 0. The third-order valence-corrected chi connectivity index (χ3v) is 11.6. The SMILES string of the molecule is c1ccc(-c2c3ccccc3c(-c3ccc4c(c3)sc3cc(-c5ccc6c(c5)oc5ccc7ccccc7c56)ccc34)c3ccccc23)cc1. The standard InChI is InChI=1S/C48H28OS/c1-2-11-30(12-3-1)46-37-14-6-8-16-39(37)47(40-17-9-7-15-38(40)46)33-20-23-36-35-22-18-32(27-44(35)50-45(36)28-33)31-19-24-41-43(26-31)49-42-25-21-29-10-4-5-13-34(29)48(41)42/h1-28H. The first-order valence-electron chi connectivity index (χ1n) is 17.1. The molecule has 9 aromatic carbocycles. The molecule has 11 aromatic rings. The third kappa shape index (κ3) is 4.06. The number of hydrogen-bond acceptors (Lipinski definition) is 2. The van der Waals surface area contributed by atoms with Gasteiger partial charge >= 0.3 is 0 Å². The molecule has 2 heteroatoms. The first-order valence-corrected chi connectivity index (χ1v) is 17.9. The van der Waals surface area contributed by atoms with Crippen LogP contribution < -0.4 is 0 Å². The Hall–Kier alpha value is -6.22. The maximum absolute atomic E-state index is 6.41. The number of furan rings is 1. The first kappa shape index (κ1) is 27.7. The highest BCUT2D eigenvalue weighted by Gasteiger charge is 2.18. The van der Waals surface area contributed by atoms with E-state index in [0.29, 0.717) is 0 Å². The van der Waals surface area contributed by atoms with Gasteiger partial charge in [-0.2, -0.15) is 0 Å². The molecule has 0 spiro atoms. The van der Waals surface area contributed by atoms with Crippen LogP contribution in [0, 0.1) is 0 Å². The van der Waals surface area contributed by atoms with Gasteiger partial charge in [-0.15, -0.1) is 11.3 Å². The lowest BCUT2D eigenvalue weighted by atomic mass is 9.86. The van der Waals surface area contributed by atoms with Crippen molar-refractivity contribution in [2.45, 2.75) is 0 Å². The first-order chi connectivity index (χ1) is 24.8. The zero-order valence-corrected chi connectivity index (χ0v) is 27.8. The molecule has 0 aliphatic rings. The van der Waals surface area contributed by atoms with Crippen molar-refractivity contribution >= 4 is 85.8 Å². The van der Waals surface area contributed by atoms with Gasteiger partial charge in [0.25, 0.3) is 0 Å². The van der Waals surface area contributed by atoms with Crippen molar-refractivity contribution in [2.24, 2.45) is 0 Å². The van der Waals surface area contributed by atoms with E-state index in [1.807, 2.05) is 11.3 Å². The molecule has 0 radical (unpaired) electrons. The zero-order valence-electron chi connectivity index (χ0n) is 27.0. The smallest absolute Gasteiger partial charge is 0.136 e. The van der Waals surface area contributed by atoms with Crippen molar-refractivity contribution < 1.29 is 4.42 Å². The van der Waals surface area contributed by atoms with Crippen LogP contribution >= 0.6 is 11.3 Å². The van der Waals surface area contributed by atoms with E-state index in [1.54, 1.807) is 0 Å². The highest BCUT2D eigenvalue weighted by Crippen LogP contribution is 2.46. The van der Waals surface area contributed by atoms with E-state index < -0.39 is 0 Å². The van der Waals surface area contributed by atoms with Gasteiger partial charge in [0, 0.05) is 30.9 Å². The fraction of sp³-hybridized carbons (Fsp3) is 0. The van der Waals surface area contributed by atoms with E-state index in [1.165, 1.54) is 85.7 Å². The van der Waals surface area contributed by atoms with E-state index in [4.69, 9.17) is 4.42 Å². The second kappa shape index (κ2) is 10.6. The molecule has 0 fully saturated rings. The normalized spacial score (nSPS) is 12.0. The lowest BCUT2D eigenvalue weighted by Gasteiger charge is -2.17. The molecule has 0 unspecified atom stereocenters. The minimum Gasteiger partial charge on any atom is -0.456 e. The minimum absolute atomic E-state index is 0.924. The van der Waals surface area contributed by atoms with Crippen LogP contribution in [0.15, 0.2) is 174 Å². The van der Waals surface area contributed by atoms with E-state index in [9.17, 15) is 0 Å². The van der Waals surface area contributed by atoms with Gasteiger partial charge in [0.1, 0.15) is 11.2 Å². The van der Waals surface area contributed by atoms with Crippen molar-refractivity contribution in [1.29, 1.82) is 0 Å². The van der Waals surface area contributed by atoms with Crippen LogP contribution in [0.25, 0.3) is 108 Å². The molecule has 232 valence electrons. The zero-order chi connectivity index (χ0) is 32.8. The van der Waals surface area contributed by atoms with Crippen LogP contribution in [-0.4, -0.2) is 0 Å². The molecule has 0 aliphatic heterocycles. The summed E-state index contributed by atoms with van der Waals surface area (Å²) in [6.07, 6.45) is 0. The van der Waals surface area contributed by atoms with Crippen LogP contribution in [0.3, 0.4) is 0 Å². The third-order valence-electron chi connectivity index (χ3n) is 10.5. The van der Waals surface area contributed by atoms with Crippen molar-refractivity contribution in [3.8, 4) is 33.4 Å². The Labute approximate surface area is 292 Å². The highest BCUT2D eigenvalue weighted by atomic mass is 32.1. The summed E-state index contributed by atoms with van der Waals surface area (Å²) >= 11 is 1.88. The summed E-state index contributed by atoms with van der Waals surface area (Å²) < 4.78 is 9.00. The number of fused-ring (bicyclic) bond motifs is 10. The Morgan fingerprint density at radius 2 is 0.840 bits per heavy atom. The molecule has 50 heavy (non-hydrogen) atoms. The van der Waals surface area contributed by atoms with Crippen molar-refractivity contribution in [1.82, 2.24) is 0 Å². The van der Waals surface area contributed by atoms with Gasteiger partial charge < -0.3 is 4.42 Å². The van der Waals surface area contributed by atoms with Gasteiger partial charge in [0.15, 0.2) is 0 Å². The minimum atomic E-state index is 0.924. The van der Waals surface area contributed by atoms with Gasteiger partial charge in [-0.1, -0.05) is 140 Å². The molecule has 0 N–H and O–H groups in total. The highest BCUT2D eigenvalue weighted by molar-refractivity contribution is 7.25. The fourth-order valence-electron chi connectivity index (χ4n) is 8.19. The van der Waals surface area contributed by atoms with Crippen LogP contribution in [0.4, 0.5) is 0 Å². The number of hydrogen-bond donors (Lipinski definition) is 0. The maximum atomic E-state index is 6.41. The van der Waals surface area contributed by atoms with Crippen LogP contribution in [0.2, 0.25) is 0 Å². The van der Waals surface area contributed by atoms with Gasteiger partial charge in [-0.05, 0) is 96.0 Å². The van der Waals surface area contributed by atoms with Gasteiger partial charge in [-0.3, -0.25) is 0 Å².